The number of nitrogens with zero attached hydrogens (tertiary/aromatic N) is 3. The van der Waals surface area contributed by atoms with E-state index in [1.165, 1.54) is 23.9 Å². The molecular weight excluding hydrogens is 232 g/mol. The zero-order valence-electron chi connectivity index (χ0n) is 11.0. The molecule has 0 saturated carbocycles. The highest BCUT2D eigenvalue weighted by Crippen LogP contribution is 2.02. The lowest BCUT2D eigenvalue weighted by atomic mass is 10.2. The van der Waals surface area contributed by atoms with Gasteiger partial charge in [0.2, 0.25) is 0 Å². The number of esters is 1. The van der Waals surface area contributed by atoms with Gasteiger partial charge in [-0.1, -0.05) is 37.8 Å². The van der Waals surface area contributed by atoms with Crippen molar-refractivity contribution < 1.29 is 9.53 Å². The second-order valence-corrected chi connectivity index (χ2v) is 4.25. The summed E-state index contributed by atoms with van der Waals surface area (Å²) in [6.45, 7) is 3.09. The highest BCUT2D eigenvalue weighted by atomic mass is 16.5. The molecule has 0 aliphatic rings. The van der Waals surface area contributed by atoms with Crippen LogP contribution in [0.25, 0.3) is 0 Å². The van der Waals surface area contributed by atoms with Crippen LogP contribution in [0.5, 0.6) is 0 Å². The molecule has 1 rings (SSSR count). The molecule has 0 spiro atoms. The molecule has 1 aromatic heterocycles. The van der Waals surface area contributed by atoms with Crippen molar-refractivity contribution in [3.8, 4) is 0 Å². The Balaban J connectivity index is 2.10. The van der Waals surface area contributed by atoms with Crippen LogP contribution < -0.4 is 5.73 Å². The largest absolute Gasteiger partial charge is 0.464 e. The average Bonchev–Trinajstić information content (AvgIpc) is 2.81. The first-order valence-electron chi connectivity index (χ1n) is 6.51. The molecule has 102 valence electrons. The van der Waals surface area contributed by atoms with Crippen LogP contribution in [0.2, 0.25) is 0 Å². The van der Waals surface area contributed by atoms with Gasteiger partial charge in [0.25, 0.3) is 0 Å². The van der Waals surface area contributed by atoms with Gasteiger partial charge in [-0.05, 0) is 6.42 Å². The molecule has 18 heavy (non-hydrogen) atoms. The van der Waals surface area contributed by atoms with Gasteiger partial charge in [-0.3, -0.25) is 4.79 Å². The summed E-state index contributed by atoms with van der Waals surface area (Å²) < 4.78 is 6.56. The summed E-state index contributed by atoms with van der Waals surface area (Å²) in [5.41, 5.74) is 6.07. The van der Waals surface area contributed by atoms with Crippen LogP contribution in [0.15, 0.2) is 6.20 Å². The molecule has 1 heterocycles. The highest BCUT2D eigenvalue weighted by Gasteiger charge is 2.06. The van der Waals surface area contributed by atoms with Crippen molar-refractivity contribution in [1.29, 1.82) is 0 Å². The molecule has 2 N–H and O–H groups in total. The Morgan fingerprint density at radius 3 is 2.83 bits per heavy atom. The van der Waals surface area contributed by atoms with Crippen molar-refractivity contribution in [2.24, 2.45) is 5.73 Å². The lowest BCUT2D eigenvalue weighted by molar-refractivity contribution is -0.144. The molecule has 1 aromatic rings. The number of rotatable bonds is 9. The molecule has 0 saturated heterocycles. The van der Waals surface area contributed by atoms with Gasteiger partial charge in [0.05, 0.1) is 18.5 Å². The fourth-order valence-electron chi connectivity index (χ4n) is 1.58. The van der Waals surface area contributed by atoms with Crippen molar-refractivity contribution in [2.45, 2.75) is 52.1 Å². The van der Waals surface area contributed by atoms with Gasteiger partial charge in [0, 0.05) is 6.54 Å². The summed E-state index contributed by atoms with van der Waals surface area (Å²) in [6, 6.07) is 0. The summed E-state index contributed by atoms with van der Waals surface area (Å²) in [5.74, 6) is -0.279. The SMILES string of the molecule is CCCCCCCOC(=O)Cn1cc(CN)nn1. The molecule has 0 aliphatic heterocycles. The molecule has 0 bridgehead atoms. The normalized spacial score (nSPS) is 10.6. The molecular formula is C12H22N4O2. The van der Waals surface area contributed by atoms with E-state index >= 15 is 0 Å². The third-order valence-corrected chi connectivity index (χ3v) is 2.60. The maximum absolute atomic E-state index is 11.5. The van der Waals surface area contributed by atoms with Gasteiger partial charge in [-0.25, -0.2) is 4.68 Å². The minimum atomic E-state index is -0.279. The van der Waals surface area contributed by atoms with Gasteiger partial charge in [-0.15, -0.1) is 5.10 Å². The number of aromatic nitrogens is 3. The van der Waals surface area contributed by atoms with E-state index in [0.717, 1.165) is 12.8 Å². The number of unbranched alkanes of at least 4 members (excludes halogenated alkanes) is 4. The van der Waals surface area contributed by atoms with Crippen molar-refractivity contribution in [3.05, 3.63) is 11.9 Å². The molecule has 0 amide bonds. The molecule has 6 nitrogen and oxygen atoms in total. The predicted octanol–water partition coefficient (Wildman–Crippen LogP) is 1.25. The Labute approximate surface area is 107 Å². The Hall–Kier alpha value is -1.43. The molecule has 0 aliphatic carbocycles. The third-order valence-electron chi connectivity index (χ3n) is 2.60. The monoisotopic (exact) mass is 254 g/mol. The van der Waals surface area contributed by atoms with E-state index in [1.54, 1.807) is 6.20 Å². The summed E-state index contributed by atoms with van der Waals surface area (Å²) in [6.07, 6.45) is 7.36. The zero-order chi connectivity index (χ0) is 13.2. The van der Waals surface area contributed by atoms with Crippen LogP contribution in [-0.4, -0.2) is 27.6 Å². The van der Waals surface area contributed by atoms with E-state index in [1.807, 2.05) is 0 Å². The van der Waals surface area contributed by atoms with Crippen LogP contribution in [-0.2, 0) is 22.6 Å². The van der Waals surface area contributed by atoms with Crippen LogP contribution in [0.4, 0.5) is 0 Å². The van der Waals surface area contributed by atoms with Gasteiger partial charge < -0.3 is 10.5 Å². The first-order chi connectivity index (χ1) is 8.76. The highest BCUT2D eigenvalue weighted by molar-refractivity contribution is 5.68. The van der Waals surface area contributed by atoms with Crippen molar-refractivity contribution in [2.75, 3.05) is 6.61 Å². The Kier molecular flexibility index (Phi) is 7.01. The minimum absolute atomic E-state index is 0.0992. The van der Waals surface area contributed by atoms with Crippen molar-refractivity contribution in [3.63, 3.8) is 0 Å². The van der Waals surface area contributed by atoms with Gasteiger partial charge >= 0.3 is 5.97 Å². The number of carbonyl (C=O) groups is 1. The number of carbonyl (C=O) groups excluding carboxylic acids is 1. The second-order valence-electron chi connectivity index (χ2n) is 4.25. The number of nitrogens with two attached hydrogens (primary N) is 1. The van der Waals surface area contributed by atoms with Gasteiger partial charge in [0.1, 0.15) is 6.54 Å². The molecule has 0 fully saturated rings. The smallest absolute Gasteiger partial charge is 0.327 e. The van der Waals surface area contributed by atoms with Gasteiger partial charge in [0.15, 0.2) is 0 Å². The van der Waals surface area contributed by atoms with Crippen LogP contribution in [0, 0.1) is 0 Å². The first kappa shape index (κ1) is 14.6. The van der Waals surface area contributed by atoms with E-state index in [9.17, 15) is 4.79 Å². The first-order valence-corrected chi connectivity index (χ1v) is 6.51. The Morgan fingerprint density at radius 1 is 1.39 bits per heavy atom. The second kappa shape index (κ2) is 8.63. The van der Waals surface area contributed by atoms with Gasteiger partial charge in [-0.2, -0.15) is 0 Å². The van der Waals surface area contributed by atoms with E-state index < -0.39 is 0 Å². The molecule has 0 atom stereocenters. The van der Waals surface area contributed by atoms with E-state index in [2.05, 4.69) is 17.2 Å². The van der Waals surface area contributed by atoms with Crippen LogP contribution >= 0.6 is 0 Å². The maximum Gasteiger partial charge on any atom is 0.327 e. The summed E-state index contributed by atoms with van der Waals surface area (Å²) in [5, 5.41) is 7.58. The Bertz CT molecular complexity index is 352. The predicted molar refractivity (Wildman–Crippen MR) is 67.6 cm³/mol. The molecule has 0 aromatic carbocycles. The topological polar surface area (TPSA) is 83.0 Å². The quantitative estimate of drug-likeness (QED) is 0.529. The summed E-state index contributed by atoms with van der Waals surface area (Å²) >= 11 is 0. The molecule has 0 radical (unpaired) electrons. The Morgan fingerprint density at radius 2 is 2.17 bits per heavy atom. The third kappa shape index (κ3) is 5.77. The average molecular weight is 254 g/mol. The van der Waals surface area contributed by atoms with E-state index in [4.69, 9.17) is 10.5 Å². The van der Waals surface area contributed by atoms with E-state index in [-0.39, 0.29) is 12.5 Å². The fourth-order valence-corrected chi connectivity index (χ4v) is 1.58. The van der Waals surface area contributed by atoms with Crippen LogP contribution in [0.1, 0.15) is 44.7 Å². The molecule has 0 unspecified atom stereocenters. The van der Waals surface area contributed by atoms with E-state index in [0.29, 0.717) is 18.8 Å². The standard InChI is InChI=1S/C12H22N4O2/c1-2-3-4-5-6-7-18-12(17)10-16-9-11(8-13)14-15-16/h9H,2-8,10,13H2,1H3. The zero-order valence-corrected chi connectivity index (χ0v) is 11.0. The van der Waals surface area contributed by atoms with Crippen molar-refractivity contribution >= 4 is 5.97 Å². The lowest BCUT2D eigenvalue weighted by Gasteiger charge is -2.04. The number of ether oxygens (including phenoxy) is 1. The van der Waals surface area contributed by atoms with Crippen LogP contribution in [0.3, 0.4) is 0 Å². The number of hydrogen-bond donors (Lipinski definition) is 1. The number of hydrogen-bond acceptors (Lipinski definition) is 5. The summed E-state index contributed by atoms with van der Waals surface area (Å²) in [7, 11) is 0. The fraction of sp³-hybridized carbons (Fsp3) is 0.750. The lowest BCUT2D eigenvalue weighted by Crippen LogP contribution is -2.14. The van der Waals surface area contributed by atoms with Crippen molar-refractivity contribution in [1.82, 2.24) is 15.0 Å². The maximum atomic E-state index is 11.5. The minimum Gasteiger partial charge on any atom is -0.464 e. The summed E-state index contributed by atoms with van der Waals surface area (Å²) in [4.78, 5) is 11.5. The molecule has 6 heteroatoms.